The van der Waals surface area contributed by atoms with E-state index >= 15 is 0 Å². The number of furan rings is 1. The van der Waals surface area contributed by atoms with Crippen molar-refractivity contribution < 1.29 is 13.9 Å². The summed E-state index contributed by atoms with van der Waals surface area (Å²) in [6.07, 6.45) is 0. The van der Waals surface area contributed by atoms with Gasteiger partial charge >= 0.3 is 0 Å². The van der Waals surface area contributed by atoms with E-state index in [1.54, 1.807) is 0 Å². The van der Waals surface area contributed by atoms with Gasteiger partial charge in [-0.05, 0) is 140 Å². The number of para-hydroxylation sites is 5. The second-order valence-electron chi connectivity index (χ2n) is 21.0. The van der Waals surface area contributed by atoms with Crippen LogP contribution >= 0.6 is 0 Å². The van der Waals surface area contributed by atoms with Crippen molar-refractivity contribution in [2.75, 3.05) is 4.90 Å². The summed E-state index contributed by atoms with van der Waals surface area (Å²) in [5.41, 5.74) is 22.9. The van der Waals surface area contributed by atoms with Crippen molar-refractivity contribution in [3.05, 3.63) is 317 Å². The Hall–Kier alpha value is -10.2. The zero-order chi connectivity index (χ0) is 51.1. The molecule has 4 aliphatic rings. The maximum absolute atomic E-state index is 6.73. The summed E-state index contributed by atoms with van der Waals surface area (Å²) in [6.45, 7) is 0. The van der Waals surface area contributed by atoms with Crippen LogP contribution in [0.1, 0.15) is 44.5 Å². The molecule has 13 aromatic rings. The normalized spacial score (nSPS) is 14.1. The SMILES string of the molecule is c1ccc2c(c1)Oc1ccccc1C21c2ccccc2-c2ccc(-c3ccc(N(c4ccc(-c5ccc6oc7ccccc7c6c5)cc4)c4cccc5c4-c4ccccc4C54c5ccccc5Oc5ccccc54)cc3)cc21. The molecule has 2 aliphatic heterocycles. The number of benzene rings is 12. The topological polar surface area (TPSA) is 34.8 Å². The lowest BCUT2D eigenvalue weighted by Gasteiger charge is -2.39. The van der Waals surface area contributed by atoms with Gasteiger partial charge in [0.05, 0.1) is 16.5 Å². The van der Waals surface area contributed by atoms with Gasteiger partial charge in [-0.1, -0.05) is 194 Å². The molecule has 0 saturated carbocycles. The maximum atomic E-state index is 6.73. The van der Waals surface area contributed by atoms with E-state index in [4.69, 9.17) is 13.9 Å². The number of anilines is 3. The van der Waals surface area contributed by atoms with Crippen LogP contribution in [0.3, 0.4) is 0 Å². The molecule has 0 saturated heterocycles. The van der Waals surface area contributed by atoms with E-state index in [0.717, 1.165) is 107 Å². The van der Waals surface area contributed by atoms with Gasteiger partial charge in [-0.2, -0.15) is 0 Å². The highest BCUT2D eigenvalue weighted by atomic mass is 16.5. The fourth-order valence-corrected chi connectivity index (χ4v) is 14.0. The highest BCUT2D eigenvalue weighted by Crippen LogP contribution is 2.65. The molecule has 0 unspecified atom stereocenters. The van der Waals surface area contributed by atoms with Gasteiger partial charge in [0.25, 0.3) is 0 Å². The second kappa shape index (κ2) is 16.2. The molecule has 0 amide bonds. The number of ether oxygens (including phenoxy) is 2. The van der Waals surface area contributed by atoms with Crippen LogP contribution in [0.15, 0.2) is 277 Å². The summed E-state index contributed by atoms with van der Waals surface area (Å²) in [4.78, 5) is 2.45. The van der Waals surface area contributed by atoms with Gasteiger partial charge in [-0.3, -0.25) is 0 Å². The van der Waals surface area contributed by atoms with Crippen LogP contribution in [0.2, 0.25) is 0 Å². The van der Waals surface area contributed by atoms with Crippen LogP contribution in [0.5, 0.6) is 23.0 Å². The summed E-state index contributed by atoms with van der Waals surface area (Å²) in [6, 6.07) is 99.3. The van der Waals surface area contributed by atoms with Gasteiger partial charge in [0.2, 0.25) is 0 Å². The van der Waals surface area contributed by atoms with Crippen molar-refractivity contribution >= 4 is 39.0 Å². The van der Waals surface area contributed by atoms with Gasteiger partial charge in [-0.15, -0.1) is 0 Å². The first kappa shape index (κ1) is 43.1. The average Bonchev–Trinajstić information content (AvgIpc) is 3.09. The molecule has 0 atom stereocenters. The third-order valence-electron chi connectivity index (χ3n) is 17.2. The molecule has 0 bridgehead atoms. The molecule has 78 heavy (non-hydrogen) atoms. The zero-order valence-electron chi connectivity index (χ0n) is 42.2. The molecule has 2 spiro atoms. The Balaban J connectivity index is 0.846. The lowest BCUT2D eigenvalue weighted by molar-refractivity contribution is 0.436. The molecule has 17 rings (SSSR count). The van der Waals surface area contributed by atoms with Gasteiger partial charge in [0.1, 0.15) is 34.2 Å². The Morgan fingerprint density at radius 2 is 0.692 bits per heavy atom. The van der Waals surface area contributed by atoms with Crippen molar-refractivity contribution in [1.82, 2.24) is 0 Å². The molecule has 12 aromatic carbocycles. The van der Waals surface area contributed by atoms with Crippen LogP contribution < -0.4 is 14.4 Å². The van der Waals surface area contributed by atoms with E-state index in [-0.39, 0.29) is 0 Å². The number of hydrogen-bond donors (Lipinski definition) is 0. The predicted molar refractivity (Wildman–Crippen MR) is 314 cm³/mol. The van der Waals surface area contributed by atoms with Crippen molar-refractivity contribution in [3.63, 3.8) is 0 Å². The minimum absolute atomic E-state index is 0.554. The molecule has 364 valence electrons. The fraction of sp³-hybridized carbons (Fsp3) is 0.0270. The van der Waals surface area contributed by atoms with E-state index < -0.39 is 10.8 Å². The fourth-order valence-electron chi connectivity index (χ4n) is 14.0. The van der Waals surface area contributed by atoms with Crippen molar-refractivity contribution in [2.24, 2.45) is 0 Å². The Labute approximate surface area is 451 Å². The summed E-state index contributed by atoms with van der Waals surface area (Å²) in [5.74, 6) is 3.53. The first-order valence-electron chi connectivity index (χ1n) is 26.8. The molecule has 0 N–H and O–H groups in total. The van der Waals surface area contributed by atoms with Crippen molar-refractivity contribution in [2.45, 2.75) is 10.8 Å². The molecular formula is C74H45NO3. The first-order valence-corrected chi connectivity index (χ1v) is 26.8. The Kier molecular flexibility index (Phi) is 8.94. The van der Waals surface area contributed by atoms with Gasteiger partial charge < -0.3 is 18.8 Å². The third kappa shape index (κ3) is 5.78. The van der Waals surface area contributed by atoms with Crippen LogP contribution in [-0.2, 0) is 10.8 Å². The highest BCUT2D eigenvalue weighted by molar-refractivity contribution is 6.06. The van der Waals surface area contributed by atoms with E-state index in [1.807, 2.05) is 12.1 Å². The zero-order valence-corrected chi connectivity index (χ0v) is 42.2. The van der Waals surface area contributed by atoms with Crippen molar-refractivity contribution in [3.8, 4) is 67.5 Å². The smallest absolute Gasteiger partial charge is 0.135 e. The summed E-state index contributed by atoms with van der Waals surface area (Å²) < 4.78 is 19.6. The maximum Gasteiger partial charge on any atom is 0.135 e. The Bertz CT molecular complexity index is 4550. The third-order valence-corrected chi connectivity index (χ3v) is 17.2. The van der Waals surface area contributed by atoms with E-state index in [9.17, 15) is 0 Å². The Morgan fingerprint density at radius 3 is 1.29 bits per heavy atom. The summed E-state index contributed by atoms with van der Waals surface area (Å²) in [5, 5.41) is 2.23. The molecule has 4 nitrogen and oxygen atoms in total. The van der Waals surface area contributed by atoms with Crippen LogP contribution in [0.4, 0.5) is 17.1 Å². The lowest BCUT2D eigenvalue weighted by atomic mass is 9.66. The summed E-state index contributed by atoms with van der Waals surface area (Å²) >= 11 is 0. The highest BCUT2D eigenvalue weighted by Gasteiger charge is 2.53. The molecule has 1 aromatic heterocycles. The van der Waals surface area contributed by atoms with E-state index in [1.165, 1.54) is 44.5 Å². The van der Waals surface area contributed by atoms with Gasteiger partial charge in [0.15, 0.2) is 0 Å². The number of hydrogen-bond acceptors (Lipinski definition) is 4. The standard InChI is InChI=1S/C74H45NO3/c1-4-19-57-52(16-1)53-42-36-49(45-64(53)74(57)61-23-8-13-30-70(61)78-71-31-14-9-24-62(71)74)47-34-40-51(41-35-47)75(50-38-32-46(33-39-50)48-37-43-67-56(44-48)54-17-3-10-27-66(54)76-67)65-26-15-25-63-72(65)55-18-2-5-20-58(55)73(63)59-21-6-11-28-68(59)77-69-29-12-7-22-60(69)73/h1-45H. The van der Waals surface area contributed by atoms with E-state index in [0.29, 0.717) is 0 Å². The average molecular weight is 996 g/mol. The molecule has 4 heteroatoms. The quantitative estimate of drug-likeness (QED) is 0.172. The number of fused-ring (bicyclic) bond motifs is 21. The van der Waals surface area contributed by atoms with E-state index in [2.05, 4.69) is 266 Å². The minimum atomic E-state index is -0.612. The minimum Gasteiger partial charge on any atom is -0.457 e. The van der Waals surface area contributed by atoms with Crippen LogP contribution in [0, 0.1) is 0 Å². The molecule has 3 heterocycles. The monoisotopic (exact) mass is 995 g/mol. The molecule has 2 aliphatic carbocycles. The molecule has 0 radical (unpaired) electrons. The van der Waals surface area contributed by atoms with Gasteiger partial charge in [0, 0.05) is 50.0 Å². The molecular weight excluding hydrogens is 951 g/mol. The van der Waals surface area contributed by atoms with Crippen LogP contribution in [-0.4, -0.2) is 0 Å². The van der Waals surface area contributed by atoms with Gasteiger partial charge in [-0.25, -0.2) is 0 Å². The summed E-state index contributed by atoms with van der Waals surface area (Å²) in [7, 11) is 0. The van der Waals surface area contributed by atoms with Crippen molar-refractivity contribution in [1.29, 1.82) is 0 Å². The molecule has 0 fully saturated rings. The number of rotatable bonds is 5. The predicted octanol–water partition coefficient (Wildman–Crippen LogP) is 19.3. The lowest BCUT2D eigenvalue weighted by Crippen LogP contribution is -2.32. The number of nitrogens with zero attached hydrogens (tertiary/aromatic N) is 1. The second-order valence-corrected chi connectivity index (χ2v) is 21.0. The van der Waals surface area contributed by atoms with Crippen LogP contribution in [0.25, 0.3) is 66.4 Å². The Morgan fingerprint density at radius 1 is 0.269 bits per heavy atom. The largest absolute Gasteiger partial charge is 0.457 e. The first-order chi connectivity index (χ1) is 38.7.